The molecule has 34 heavy (non-hydrogen) atoms. The molecule has 1 heterocycles. The molecular weight excluding hydrogens is 434 g/mol. The molecule has 0 saturated carbocycles. The van der Waals surface area contributed by atoms with E-state index in [0.29, 0.717) is 35.1 Å². The van der Waals surface area contributed by atoms with Crippen molar-refractivity contribution >= 4 is 22.7 Å². The van der Waals surface area contributed by atoms with Crippen LogP contribution in [0.15, 0.2) is 72.8 Å². The van der Waals surface area contributed by atoms with Crippen molar-refractivity contribution in [2.45, 2.75) is 13.0 Å². The highest BCUT2D eigenvalue weighted by Gasteiger charge is 2.19. The molecule has 1 aromatic heterocycles. The van der Waals surface area contributed by atoms with Crippen LogP contribution in [0.3, 0.4) is 0 Å². The number of ketones is 1. The number of fused-ring (bicyclic) bond motifs is 1. The number of nitrogens with zero attached hydrogens (tertiary/aromatic N) is 1. The van der Waals surface area contributed by atoms with Gasteiger partial charge in [0.15, 0.2) is 6.61 Å². The van der Waals surface area contributed by atoms with Gasteiger partial charge >= 0.3 is 5.97 Å². The summed E-state index contributed by atoms with van der Waals surface area (Å²) in [4.78, 5) is 24.5. The van der Waals surface area contributed by atoms with Crippen LogP contribution in [0.5, 0.6) is 17.2 Å². The van der Waals surface area contributed by atoms with Crippen molar-refractivity contribution in [1.29, 1.82) is 0 Å². The van der Waals surface area contributed by atoms with E-state index in [1.807, 2.05) is 34.9 Å². The topological polar surface area (TPSA) is 87.0 Å². The van der Waals surface area contributed by atoms with Crippen molar-refractivity contribution in [2.75, 3.05) is 20.8 Å². The summed E-state index contributed by atoms with van der Waals surface area (Å²) in [6, 6.07) is 22.3. The maximum Gasteiger partial charge on any atom is 0.341 e. The van der Waals surface area contributed by atoms with Crippen LogP contribution < -0.4 is 14.2 Å². The van der Waals surface area contributed by atoms with Crippen LogP contribution in [-0.2, 0) is 17.8 Å². The molecule has 1 N–H and O–H groups in total. The summed E-state index contributed by atoms with van der Waals surface area (Å²) in [5.41, 5.74) is 2.97. The lowest BCUT2D eigenvalue weighted by Gasteiger charge is -2.12. The molecule has 0 bridgehead atoms. The van der Waals surface area contributed by atoms with Gasteiger partial charge in [0.05, 0.1) is 19.9 Å². The van der Waals surface area contributed by atoms with E-state index in [4.69, 9.17) is 19.3 Å². The van der Waals surface area contributed by atoms with E-state index >= 15 is 0 Å². The molecule has 0 unspecified atom stereocenters. The van der Waals surface area contributed by atoms with Crippen molar-refractivity contribution in [1.82, 2.24) is 4.57 Å². The Morgan fingerprint density at radius 3 is 2.21 bits per heavy atom. The van der Waals surface area contributed by atoms with Crippen LogP contribution in [0.2, 0.25) is 0 Å². The van der Waals surface area contributed by atoms with Crippen LogP contribution in [0.4, 0.5) is 0 Å². The average molecular weight is 459 g/mol. The van der Waals surface area contributed by atoms with E-state index in [9.17, 15) is 9.59 Å². The molecule has 0 saturated heterocycles. The summed E-state index contributed by atoms with van der Waals surface area (Å²) in [5, 5.41) is 9.69. The Labute approximate surface area is 197 Å². The molecule has 0 aliphatic carbocycles. The number of methoxy groups -OCH3 is 2. The first-order valence-corrected chi connectivity index (χ1v) is 10.8. The number of aromatic nitrogens is 1. The van der Waals surface area contributed by atoms with Crippen LogP contribution in [0.1, 0.15) is 21.6 Å². The highest BCUT2D eigenvalue weighted by Crippen LogP contribution is 2.29. The zero-order valence-corrected chi connectivity index (χ0v) is 19.0. The largest absolute Gasteiger partial charge is 0.497 e. The minimum Gasteiger partial charge on any atom is -0.497 e. The summed E-state index contributed by atoms with van der Waals surface area (Å²) in [6.07, 6.45) is 0.740. The Hall–Kier alpha value is -4.26. The lowest BCUT2D eigenvalue weighted by atomic mass is 10.1. The van der Waals surface area contributed by atoms with Crippen molar-refractivity contribution < 1.29 is 28.9 Å². The van der Waals surface area contributed by atoms with Gasteiger partial charge in [0, 0.05) is 29.1 Å². The van der Waals surface area contributed by atoms with Gasteiger partial charge in [-0.05, 0) is 48.4 Å². The van der Waals surface area contributed by atoms with E-state index < -0.39 is 12.6 Å². The zero-order chi connectivity index (χ0) is 24.1. The van der Waals surface area contributed by atoms with Crippen LogP contribution in [0.25, 0.3) is 10.9 Å². The third-order valence-corrected chi connectivity index (χ3v) is 5.55. The quantitative estimate of drug-likeness (QED) is 0.349. The first-order chi connectivity index (χ1) is 16.5. The minimum absolute atomic E-state index is 0.172. The number of carbonyl (C=O) groups excluding carboxylic acids is 1. The second-order valence-electron chi connectivity index (χ2n) is 7.75. The van der Waals surface area contributed by atoms with E-state index in [0.717, 1.165) is 22.9 Å². The van der Waals surface area contributed by atoms with Gasteiger partial charge in [0.25, 0.3) is 0 Å². The Kier molecular flexibility index (Phi) is 6.82. The Morgan fingerprint density at radius 2 is 1.56 bits per heavy atom. The maximum atomic E-state index is 13.6. The van der Waals surface area contributed by atoms with Gasteiger partial charge in [-0.25, -0.2) is 4.79 Å². The van der Waals surface area contributed by atoms with E-state index in [-0.39, 0.29) is 5.78 Å². The van der Waals surface area contributed by atoms with Gasteiger partial charge < -0.3 is 23.9 Å². The molecule has 7 heteroatoms. The highest BCUT2D eigenvalue weighted by atomic mass is 16.5. The number of rotatable bonds is 10. The Morgan fingerprint density at radius 1 is 0.853 bits per heavy atom. The third-order valence-electron chi connectivity index (χ3n) is 5.55. The van der Waals surface area contributed by atoms with Gasteiger partial charge in [0.2, 0.25) is 5.78 Å². The number of carboxylic acids is 1. The Bertz CT molecular complexity index is 1300. The molecule has 0 amide bonds. The number of benzene rings is 3. The van der Waals surface area contributed by atoms with Gasteiger partial charge in [0.1, 0.15) is 17.2 Å². The molecule has 0 fully saturated rings. The SMILES string of the molecule is COc1cc(OC)cc(C(=O)c2cc3cc(OCC(=O)O)ccc3n2CCc2ccccc2)c1. The fourth-order valence-electron chi connectivity index (χ4n) is 3.88. The molecule has 7 nitrogen and oxygen atoms in total. The third kappa shape index (κ3) is 5.04. The summed E-state index contributed by atoms with van der Waals surface area (Å²) < 4.78 is 18.0. The van der Waals surface area contributed by atoms with Gasteiger partial charge in [-0.2, -0.15) is 0 Å². The van der Waals surface area contributed by atoms with E-state index in [1.165, 1.54) is 0 Å². The van der Waals surface area contributed by atoms with Crippen molar-refractivity contribution in [2.24, 2.45) is 0 Å². The van der Waals surface area contributed by atoms with Crippen LogP contribution in [0, 0.1) is 0 Å². The van der Waals surface area contributed by atoms with E-state index in [2.05, 4.69) is 12.1 Å². The van der Waals surface area contributed by atoms with Gasteiger partial charge in [-0.15, -0.1) is 0 Å². The molecule has 0 radical (unpaired) electrons. The summed E-state index contributed by atoms with van der Waals surface area (Å²) >= 11 is 0. The van der Waals surface area contributed by atoms with Crippen molar-refractivity contribution in [3.8, 4) is 17.2 Å². The van der Waals surface area contributed by atoms with Crippen molar-refractivity contribution in [3.05, 3.63) is 89.6 Å². The molecular formula is C27H25NO6. The predicted molar refractivity (Wildman–Crippen MR) is 128 cm³/mol. The summed E-state index contributed by atoms with van der Waals surface area (Å²) in [5.74, 6) is 0.257. The Balaban J connectivity index is 1.76. The highest BCUT2D eigenvalue weighted by molar-refractivity contribution is 6.11. The first-order valence-electron chi connectivity index (χ1n) is 10.8. The standard InChI is InChI=1S/C27H25NO6/c1-32-22-13-20(14-23(16-22)33-2)27(31)25-15-19-12-21(34-17-26(29)30)8-9-24(19)28(25)11-10-18-6-4-3-5-7-18/h3-9,12-16H,10-11,17H2,1-2H3,(H,29,30). The molecule has 0 spiro atoms. The lowest BCUT2D eigenvalue weighted by molar-refractivity contribution is -0.139. The summed E-state index contributed by atoms with van der Waals surface area (Å²) in [7, 11) is 3.08. The molecule has 3 aromatic carbocycles. The number of carbonyl (C=O) groups is 2. The van der Waals surface area contributed by atoms with Gasteiger partial charge in [-0.3, -0.25) is 4.79 Å². The molecule has 174 valence electrons. The predicted octanol–water partition coefficient (Wildman–Crippen LogP) is 4.60. The second kappa shape index (κ2) is 10.1. The first kappa shape index (κ1) is 22.9. The number of ether oxygens (including phenoxy) is 3. The number of hydrogen-bond donors (Lipinski definition) is 1. The number of carboxylic acid groups (broad SMARTS) is 1. The molecule has 4 aromatic rings. The second-order valence-corrected chi connectivity index (χ2v) is 7.75. The van der Waals surface area contributed by atoms with Gasteiger partial charge in [-0.1, -0.05) is 30.3 Å². The number of aryl methyl sites for hydroxylation is 2. The monoisotopic (exact) mass is 459 g/mol. The minimum atomic E-state index is -1.05. The maximum absolute atomic E-state index is 13.6. The fourth-order valence-corrected chi connectivity index (χ4v) is 3.88. The number of aliphatic carboxylic acids is 1. The average Bonchev–Trinajstić information content (AvgIpc) is 3.23. The summed E-state index contributed by atoms with van der Waals surface area (Å²) in [6.45, 7) is 0.153. The molecule has 4 rings (SSSR count). The zero-order valence-electron chi connectivity index (χ0n) is 19.0. The molecule has 0 aliphatic heterocycles. The lowest BCUT2D eigenvalue weighted by Crippen LogP contribution is -2.12. The van der Waals surface area contributed by atoms with Crippen LogP contribution >= 0.6 is 0 Å². The fraction of sp³-hybridized carbons (Fsp3) is 0.185. The smallest absolute Gasteiger partial charge is 0.341 e. The molecule has 0 atom stereocenters. The molecule has 0 aliphatic rings. The van der Waals surface area contributed by atoms with E-state index in [1.54, 1.807) is 44.6 Å². The number of hydrogen-bond acceptors (Lipinski definition) is 5. The van der Waals surface area contributed by atoms with Crippen molar-refractivity contribution in [3.63, 3.8) is 0 Å². The normalized spacial score (nSPS) is 10.8. The van der Waals surface area contributed by atoms with Crippen LogP contribution in [-0.4, -0.2) is 42.3 Å².